The fraction of sp³-hybridized carbons (Fsp3) is 0.167. The van der Waals surface area contributed by atoms with E-state index in [1.54, 1.807) is 11.6 Å². The van der Waals surface area contributed by atoms with Gasteiger partial charge in [-0.05, 0) is 0 Å². The van der Waals surface area contributed by atoms with Gasteiger partial charge in [-0.3, -0.25) is 5.41 Å². The van der Waals surface area contributed by atoms with Crippen LogP contribution in [0.1, 0.15) is 0 Å². The molecule has 0 atom stereocenters. The molecule has 0 saturated heterocycles. The van der Waals surface area contributed by atoms with Gasteiger partial charge >= 0.3 is 0 Å². The van der Waals surface area contributed by atoms with E-state index in [-0.39, 0.29) is 5.95 Å². The Hall–Kier alpha value is -1.85. The minimum atomic E-state index is 0.289. The van der Waals surface area contributed by atoms with Crippen LogP contribution in [0, 0.1) is 5.41 Å². The minimum Gasteiger partial charge on any atom is -0.369 e. The molecule has 0 bridgehead atoms. The van der Waals surface area contributed by atoms with E-state index in [9.17, 15) is 0 Å². The van der Waals surface area contributed by atoms with Crippen LogP contribution in [0.2, 0.25) is 0 Å². The number of H-pyrrole nitrogens is 1. The number of aryl methyl sites for hydroxylation is 1. The molecule has 2 aromatic rings. The Balaban J connectivity index is 2.99. The highest BCUT2D eigenvalue weighted by molar-refractivity contribution is 5.70. The molecule has 0 fully saturated rings. The summed E-state index contributed by atoms with van der Waals surface area (Å²) in [6, 6.07) is 0. The number of anilines is 1. The van der Waals surface area contributed by atoms with Crippen LogP contribution in [0.4, 0.5) is 5.95 Å². The third-order valence-corrected chi connectivity index (χ3v) is 1.65. The van der Waals surface area contributed by atoms with Crippen molar-refractivity contribution >= 4 is 17.1 Å². The van der Waals surface area contributed by atoms with Crippen molar-refractivity contribution < 1.29 is 0 Å². The molecular weight excluding hydrogens is 156 g/mol. The molecule has 62 valence electrons. The molecule has 2 rings (SSSR count). The van der Waals surface area contributed by atoms with Crippen molar-refractivity contribution in [3.05, 3.63) is 11.8 Å². The quantitative estimate of drug-likeness (QED) is 0.483. The summed E-state index contributed by atoms with van der Waals surface area (Å²) in [5.74, 6) is 0.289. The van der Waals surface area contributed by atoms with E-state index in [0.29, 0.717) is 16.7 Å². The fourth-order valence-electron chi connectivity index (χ4n) is 1.02. The summed E-state index contributed by atoms with van der Waals surface area (Å²) in [6.07, 6.45) is 1.53. The zero-order valence-corrected chi connectivity index (χ0v) is 6.50. The van der Waals surface area contributed by atoms with Crippen molar-refractivity contribution in [2.75, 3.05) is 5.73 Å². The molecule has 0 aromatic carbocycles. The first-order valence-corrected chi connectivity index (χ1v) is 3.40. The minimum absolute atomic E-state index is 0.289. The molecule has 0 aliphatic heterocycles. The molecule has 0 aliphatic carbocycles. The van der Waals surface area contributed by atoms with Crippen molar-refractivity contribution in [2.45, 2.75) is 0 Å². The van der Waals surface area contributed by atoms with Crippen LogP contribution in [-0.4, -0.2) is 19.5 Å². The lowest BCUT2D eigenvalue weighted by Crippen LogP contribution is -2.17. The Kier molecular flexibility index (Phi) is 1.18. The van der Waals surface area contributed by atoms with Crippen molar-refractivity contribution in [3.8, 4) is 0 Å². The van der Waals surface area contributed by atoms with E-state index >= 15 is 0 Å². The van der Waals surface area contributed by atoms with Gasteiger partial charge in [0.25, 0.3) is 0 Å². The molecule has 6 nitrogen and oxygen atoms in total. The maximum atomic E-state index is 7.60. The molecule has 6 heteroatoms. The number of nitrogens with two attached hydrogens (primary N) is 1. The summed E-state index contributed by atoms with van der Waals surface area (Å²) in [5.41, 5.74) is 6.78. The van der Waals surface area contributed by atoms with E-state index in [1.165, 1.54) is 6.33 Å². The number of nitrogen functional groups attached to an aromatic ring is 1. The molecule has 0 saturated carbocycles. The molecule has 0 spiro atoms. The number of fused-ring (bicyclic) bond motifs is 1. The largest absolute Gasteiger partial charge is 0.369 e. The first kappa shape index (κ1) is 6.84. The number of hydrogen-bond donors (Lipinski definition) is 3. The van der Waals surface area contributed by atoms with Crippen molar-refractivity contribution in [1.82, 2.24) is 19.5 Å². The lowest BCUT2D eigenvalue weighted by Gasteiger charge is -1.95. The fourth-order valence-corrected chi connectivity index (χ4v) is 1.02. The average Bonchev–Trinajstić information content (AvgIpc) is 2.39. The topological polar surface area (TPSA) is 96.4 Å². The van der Waals surface area contributed by atoms with Crippen LogP contribution < -0.4 is 11.2 Å². The maximum absolute atomic E-state index is 7.60. The molecule has 0 unspecified atom stereocenters. The van der Waals surface area contributed by atoms with E-state index in [0.717, 1.165) is 0 Å². The van der Waals surface area contributed by atoms with Crippen molar-refractivity contribution in [3.63, 3.8) is 0 Å². The van der Waals surface area contributed by atoms with Gasteiger partial charge in [0.15, 0.2) is 17.1 Å². The van der Waals surface area contributed by atoms with Gasteiger partial charge < -0.3 is 15.3 Å². The molecule has 12 heavy (non-hydrogen) atoms. The second-order valence-corrected chi connectivity index (χ2v) is 2.52. The summed E-state index contributed by atoms with van der Waals surface area (Å²) in [4.78, 5) is 10.6. The normalized spacial score (nSPS) is 10.8. The van der Waals surface area contributed by atoms with Crippen molar-refractivity contribution in [2.24, 2.45) is 7.05 Å². The second kappa shape index (κ2) is 2.07. The van der Waals surface area contributed by atoms with Crippen LogP contribution >= 0.6 is 0 Å². The molecular formula is C6H8N6. The van der Waals surface area contributed by atoms with Crippen LogP contribution in [-0.2, 0) is 7.05 Å². The first-order valence-electron chi connectivity index (χ1n) is 3.40. The number of rotatable bonds is 0. The zero-order chi connectivity index (χ0) is 8.72. The number of hydrogen-bond acceptors (Lipinski definition) is 4. The van der Waals surface area contributed by atoms with Crippen LogP contribution in [0.25, 0.3) is 11.2 Å². The predicted octanol–water partition coefficient (Wildman–Crippen LogP) is -0.642. The summed E-state index contributed by atoms with van der Waals surface area (Å²) in [7, 11) is 1.74. The highest BCUT2D eigenvalue weighted by atomic mass is 15.1. The van der Waals surface area contributed by atoms with Crippen molar-refractivity contribution in [1.29, 1.82) is 5.41 Å². The highest BCUT2D eigenvalue weighted by Crippen LogP contribution is 2.02. The second-order valence-electron chi connectivity index (χ2n) is 2.52. The highest BCUT2D eigenvalue weighted by Gasteiger charge is 2.02. The van der Waals surface area contributed by atoms with Gasteiger partial charge in [0.2, 0.25) is 0 Å². The first-order chi connectivity index (χ1) is 5.68. The van der Waals surface area contributed by atoms with E-state index in [4.69, 9.17) is 11.1 Å². The Morgan fingerprint density at radius 3 is 3.17 bits per heavy atom. The molecule has 0 radical (unpaired) electrons. The van der Waals surface area contributed by atoms with Gasteiger partial charge in [0, 0.05) is 7.05 Å². The van der Waals surface area contributed by atoms with Gasteiger partial charge in [-0.15, -0.1) is 0 Å². The van der Waals surface area contributed by atoms with Gasteiger partial charge in [0.05, 0.1) is 6.33 Å². The summed E-state index contributed by atoms with van der Waals surface area (Å²) in [5, 5.41) is 7.60. The molecule has 0 amide bonds. The monoisotopic (exact) mass is 164 g/mol. The molecule has 4 N–H and O–H groups in total. The Morgan fingerprint density at radius 2 is 2.42 bits per heavy atom. The number of aromatic nitrogens is 4. The van der Waals surface area contributed by atoms with Gasteiger partial charge in [-0.25, -0.2) is 4.98 Å². The standard InChI is InChI=1S/C6H8N6/c1-12-2-9-5-3(4(12)7)10-6(8)11-5/h2,7H,1H3,(H3,8,10,11). The average molecular weight is 164 g/mol. The third-order valence-electron chi connectivity index (χ3n) is 1.65. The van der Waals surface area contributed by atoms with E-state index in [2.05, 4.69) is 15.0 Å². The smallest absolute Gasteiger partial charge is 0.200 e. The Labute approximate surface area is 67.6 Å². The number of nitrogens with one attached hydrogen (secondary N) is 2. The predicted molar refractivity (Wildman–Crippen MR) is 43.1 cm³/mol. The SMILES string of the molecule is Cn1cnc2nc(N)[nH]c2c1=N. The van der Waals surface area contributed by atoms with Gasteiger partial charge in [0.1, 0.15) is 5.52 Å². The van der Waals surface area contributed by atoms with Gasteiger partial charge in [-0.2, -0.15) is 4.98 Å². The number of aromatic amines is 1. The maximum Gasteiger partial charge on any atom is 0.200 e. The summed E-state index contributed by atoms with van der Waals surface area (Å²) in [6.45, 7) is 0. The van der Waals surface area contributed by atoms with Crippen LogP contribution in [0.5, 0.6) is 0 Å². The van der Waals surface area contributed by atoms with Crippen LogP contribution in [0.15, 0.2) is 6.33 Å². The summed E-state index contributed by atoms with van der Waals surface area (Å²) >= 11 is 0. The lowest BCUT2D eigenvalue weighted by molar-refractivity contribution is 0.802. The molecule has 2 heterocycles. The Bertz CT molecular complexity index is 478. The molecule has 0 aliphatic rings. The van der Waals surface area contributed by atoms with Crippen LogP contribution in [0.3, 0.4) is 0 Å². The Morgan fingerprint density at radius 1 is 1.67 bits per heavy atom. The lowest BCUT2D eigenvalue weighted by atomic mass is 10.5. The van der Waals surface area contributed by atoms with E-state index < -0.39 is 0 Å². The third kappa shape index (κ3) is 0.777. The van der Waals surface area contributed by atoms with Gasteiger partial charge in [-0.1, -0.05) is 0 Å². The zero-order valence-electron chi connectivity index (χ0n) is 6.50. The number of nitrogens with zero attached hydrogens (tertiary/aromatic N) is 3. The summed E-state index contributed by atoms with van der Waals surface area (Å²) < 4.78 is 1.58. The molecule has 2 aromatic heterocycles. The van der Waals surface area contributed by atoms with E-state index in [1.807, 2.05) is 0 Å². The number of imidazole rings is 1.